The van der Waals surface area contributed by atoms with E-state index in [-0.39, 0.29) is 22.8 Å². The number of carbonyl (C=O) groups is 1. The number of Topliss-reactive ketones (excluding diaryl/α,β-unsaturated/α-hetero) is 1. The first-order valence-electron chi connectivity index (χ1n) is 9.58. The van der Waals surface area contributed by atoms with Crippen molar-refractivity contribution in [3.8, 4) is 23.0 Å². The van der Waals surface area contributed by atoms with E-state index < -0.39 is 54.4 Å². The van der Waals surface area contributed by atoms with E-state index >= 15 is 0 Å². The maximum Gasteiger partial charge on any atom is 0.203 e. The topological polar surface area (TPSA) is 166 Å². The van der Waals surface area contributed by atoms with E-state index in [4.69, 9.17) is 14.2 Å². The summed E-state index contributed by atoms with van der Waals surface area (Å²) in [4.78, 5) is 13.3. The van der Waals surface area contributed by atoms with Gasteiger partial charge < -0.3 is 44.8 Å². The zero-order chi connectivity index (χ0) is 22.4. The molecule has 0 aromatic heterocycles. The van der Waals surface area contributed by atoms with Crippen LogP contribution >= 0.6 is 0 Å². The Balaban J connectivity index is 1.73. The first-order chi connectivity index (χ1) is 14.7. The van der Waals surface area contributed by atoms with Crippen molar-refractivity contribution in [2.24, 2.45) is 0 Å². The summed E-state index contributed by atoms with van der Waals surface area (Å²) < 4.78 is 17.0. The second-order valence-electron chi connectivity index (χ2n) is 7.57. The molecule has 0 amide bonds. The van der Waals surface area contributed by atoms with Gasteiger partial charge in [-0.2, -0.15) is 0 Å². The number of fused-ring (bicyclic) bond motifs is 1. The minimum absolute atomic E-state index is 0.0176. The van der Waals surface area contributed by atoms with E-state index in [0.717, 1.165) is 6.07 Å². The Morgan fingerprint density at radius 2 is 1.58 bits per heavy atom. The van der Waals surface area contributed by atoms with Crippen molar-refractivity contribution in [2.45, 2.75) is 49.8 Å². The number of hydrogen-bond acceptors (Lipinski definition) is 10. The molecule has 166 valence electrons. The zero-order valence-electron chi connectivity index (χ0n) is 16.3. The van der Waals surface area contributed by atoms with Crippen LogP contribution in [-0.2, 0) is 9.47 Å². The number of phenolic OH excluding ortho intramolecular Hbond substituents is 3. The SMILES string of the molecule is C[C@@H]1OC(OC2C(=O)c3c(O)cc(O)cc3OC2c2ccc(O)cc2)[C@H](O)[C@H](O)[C@H]1O. The third kappa shape index (κ3) is 3.80. The van der Waals surface area contributed by atoms with Gasteiger partial charge in [0.2, 0.25) is 5.78 Å². The van der Waals surface area contributed by atoms with Gasteiger partial charge in [0.05, 0.1) is 6.10 Å². The van der Waals surface area contributed by atoms with E-state index in [9.17, 15) is 35.4 Å². The number of aliphatic hydroxyl groups excluding tert-OH is 3. The second-order valence-corrected chi connectivity index (χ2v) is 7.57. The van der Waals surface area contributed by atoms with Crippen LogP contribution in [0.3, 0.4) is 0 Å². The smallest absolute Gasteiger partial charge is 0.203 e. The average Bonchev–Trinajstić information content (AvgIpc) is 2.72. The molecule has 0 aliphatic carbocycles. The summed E-state index contributed by atoms with van der Waals surface area (Å²) in [6.45, 7) is 1.47. The van der Waals surface area contributed by atoms with Crippen LogP contribution in [0.1, 0.15) is 28.9 Å². The van der Waals surface area contributed by atoms with Gasteiger partial charge in [-0.25, -0.2) is 0 Å². The number of hydrogen-bond donors (Lipinski definition) is 6. The van der Waals surface area contributed by atoms with Gasteiger partial charge in [0.15, 0.2) is 18.5 Å². The number of rotatable bonds is 3. The van der Waals surface area contributed by atoms with Crippen LogP contribution in [0, 0.1) is 0 Å². The highest BCUT2D eigenvalue weighted by Gasteiger charge is 2.48. The summed E-state index contributed by atoms with van der Waals surface area (Å²) in [5, 5.41) is 59.8. The molecule has 2 aliphatic rings. The Kier molecular flexibility index (Phi) is 5.50. The van der Waals surface area contributed by atoms with Gasteiger partial charge in [-0.05, 0) is 24.6 Å². The molecular formula is C21H22O10. The van der Waals surface area contributed by atoms with Crippen molar-refractivity contribution in [3.63, 3.8) is 0 Å². The fourth-order valence-corrected chi connectivity index (χ4v) is 3.72. The molecule has 31 heavy (non-hydrogen) atoms. The highest BCUT2D eigenvalue weighted by atomic mass is 16.7. The predicted octanol–water partition coefficient (Wildman–Crippen LogP) is 0.332. The number of ether oxygens (including phenoxy) is 3. The monoisotopic (exact) mass is 434 g/mol. The Bertz CT molecular complexity index is 975. The highest BCUT2D eigenvalue weighted by molar-refractivity contribution is 6.05. The van der Waals surface area contributed by atoms with Gasteiger partial charge in [0.25, 0.3) is 0 Å². The molecule has 10 nitrogen and oxygen atoms in total. The molecule has 2 aromatic rings. The molecule has 0 radical (unpaired) electrons. The fraction of sp³-hybridized carbons (Fsp3) is 0.381. The van der Waals surface area contributed by atoms with Crippen LogP contribution in [0.15, 0.2) is 36.4 Å². The number of phenols is 3. The van der Waals surface area contributed by atoms with Gasteiger partial charge in [-0.3, -0.25) is 4.79 Å². The molecule has 3 unspecified atom stereocenters. The predicted molar refractivity (Wildman–Crippen MR) is 103 cm³/mol. The highest BCUT2D eigenvalue weighted by Crippen LogP contribution is 2.43. The molecule has 0 bridgehead atoms. The maximum absolute atomic E-state index is 13.3. The first-order valence-corrected chi connectivity index (χ1v) is 9.58. The Hall–Kier alpha value is -2.89. The molecule has 1 fully saturated rings. The summed E-state index contributed by atoms with van der Waals surface area (Å²) in [7, 11) is 0. The van der Waals surface area contributed by atoms with E-state index in [0.29, 0.717) is 5.56 Å². The lowest BCUT2D eigenvalue weighted by Crippen LogP contribution is -2.59. The van der Waals surface area contributed by atoms with Crippen molar-refractivity contribution in [1.82, 2.24) is 0 Å². The average molecular weight is 434 g/mol. The van der Waals surface area contributed by atoms with Gasteiger partial charge >= 0.3 is 0 Å². The molecule has 6 N–H and O–H groups in total. The van der Waals surface area contributed by atoms with Gasteiger partial charge in [-0.15, -0.1) is 0 Å². The van der Waals surface area contributed by atoms with E-state index in [1.807, 2.05) is 0 Å². The molecular weight excluding hydrogens is 412 g/mol. The van der Waals surface area contributed by atoms with E-state index in [1.165, 1.54) is 37.3 Å². The lowest BCUT2D eigenvalue weighted by atomic mass is 9.92. The van der Waals surface area contributed by atoms with Gasteiger partial charge in [0.1, 0.15) is 46.9 Å². The van der Waals surface area contributed by atoms with Crippen molar-refractivity contribution in [2.75, 3.05) is 0 Å². The fourth-order valence-electron chi connectivity index (χ4n) is 3.72. The molecule has 0 spiro atoms. The standard InChI is InChI=1S/C21H22O10/c1-8-15(25)17(27)18(28)21(29-8)31-20-16(26)14-12(24)6-11(23)7-13(14)30-19(20)9-2-4-10(22)5-3-9/h2-8,15,17-25,27-28H,1H3/t8-,15-,17+,18+,19?,20?,21?/m0/s1. The largest absolute Gasteiger partial charge is 0.508 e. The first kappa shape index (κ1) is 21.3. The quantitative estimate of drug-likeness (QED) is 0.396. The molecule has 2 aromatic carbocycles. The minimum atomic E-state index is -1.66. The van der Waals surface area contributed by atoms with Gasteiger partial charge in [-0.1, -0.05) is 12.1 Å². The molecule has 7 atom stereocenters. The Morgan fingerprint density at radius 1 is 0.903 bits per heavy atom. The molecule has 2 aliphatic heterocycles. The Labute approximate surface area is 176 Å². The normalized spacial score (nSPS) is 32.9. The van der Waals surface area contributed by atoms with Crippen molar-refractivity contribution < 1.29 is 49.6 Å². The third-order valence-electron chi connectivity index (χ3n) is 5.41. The number of aromatic hydroxyl groups is 3. The molecule has 2 heterocycles. The van der Waals surface area contributed by atoms with Gasteiger partial charge in [0, 0.05) is 12.1 Å². The van der Waals surface area contributed by atoms with Crippen molar-refractivity contribution in [1.29, 1.82) is 0 Å². The number of carbonyl (C=O) groups excluding carboxylic acids is 1. The summed E-state index contributed by atoms with van der Waals surface area (Å²) in [6.07, 6.45) is -9.49. The maximum atomic E-state index is 13.3. The number of benzene rings is 2. The van der Waals surface area contributed by atoms with Crippen molar-refractivity contribution >= 4 is 5.78 Å². The molecule has 10 heteroatoms. The lowest BCUT2D eigenvalue weighted by molar-refractivity contribution is -0.304. The van der Waals surface area contributed by atoms with Crippen molar-refractivity contribution in [3.05, 3.63) is 47.5 Å². The molecule has 4 rings (SSSR count). The minimum Gasteiger partial charge on any atom is -0.508 e. The van der Waals surface area contributed by atoms with Crippen LogP contribution in [0.5, 0.6) is 23.0 Å². The van der Waals surface area contributed by atoms with E-state index in [2.05, 4.69) is 0 Å². The lowest BCUT2D eigenvalue weighted by Gasteiger charge is -2.42. The van der Waals surface area contributed by atoms with Crippen LogP contribution in [0.25, 0.3) is 0 Å². The summed E-state index contributed by atoms with van der Waals surface area (Å²) in [6, 6.07) is 7.90. The summed E-state index contributed by atoms with van der Waals surface area (Å²) >= 11 is 0. The zero-order valence-corrected chi connectivity index (χ0v) is 16.3. The number of aliphatic hydroxyl groups is 3. The summed E-state index contributed by atoms with van der Waals surface area (Å²) in [5.41, 5.74) is 0.195. The van der Waals surface area contributed by atoms with Crippen LogP contribution < -0.4 is 4.74 Å². The van der Waals surface area contributed by atoms with Crippen LogP contribution in [0.4, 0.5) is 0 Å². The Morgan fingerprint density at radius 3 is 2.26 bits per heavy atom. The van der Waals surface area contributed by atoms with E-state index in [1.54, 1.807) is 0 Å². The van der Waals surface area contributed by atoms with Crippen LogP contribution in [0.2, 0.25) is 0 Å². The molecule has 0 saturated carbocycles. The number of ketones is 1. The third-order valence-corrected chi connectivity index (χ3v) is 5.41. The second kappa shape index (κ2) is 7.98. The molecule has 1 saturated heterocycles. The van der Waals surface area contributed by atoms with Crippen LogP contribution in [-0.4, -0.2) is 73.2 Å². The summed E-state index contributed by atoms with van der Waals surface area (Å²) in [5.74, 6) is -1.64.